The molecule has 3 nitrogen and oxygen atoms in total. The molecule has 3 rings (SSSR count). The fourth-order valence-electron chi connectivity index (χ4n) is 2.55. The van der Waals surface area contributed by atoms with Crippen LogP contribution in [0.25, 0.3) is 0 Å². The summed E-state index contributed by atoms with van der Waals surface area (Å²) in [6, 6.07) is 5.08. The Bertz CT molecular complexity index is 608. The van der Waals surface area contributed by atoms with Crippen LogP contribution in [0.4, 0.5) is 4.39 Å². The van der Waals surface area contributed by atoms with Crippen LogP contribution in [0.3, 0.4) is 0 Å². The summed E-state index contributed by atoms with van der Waals surface area (Å²) in [7, 11) is 0. The molecule has 6 heteroatoms. The van der Waals surface area contributed by atoms with Crippen molar-refractivity contribution in [2.45, 2.75) is 19.1 Å². The Balaban J connectivity index is 1.74. The second kappa shape index (κ2) is 6.40. The molecule has 112 valence electrons. The smallest absolute Gasteiger partial charge is 0.141 e. The molecule has 0 aliphatic carbocycles. The molecule has 0 amide bonds. The van der Waals surface area contributed by atoms with Crippen molar-refractivity contribution in [3.8, 4) is 0 Å². The van der Waals surface area contributed by atoms with E-state index in [4.69, 9.17) is 16.3 Å². The summed E-state index contributed by atoms with van der Waals surface area (Å²) in [4.78, 5) is 6.65. The van der Waals surface area contributed by atoms with Gasteiger partial charge in [0.15, 0.2) is 0 Å². The van der Waals surface area contributed by atoms with Gasteiger partial charge >= 0.3 is 0 Å². The second-order valence-electron chi connectivity index (χ2n) is 5.07. The third-order valence-corrected chi connectivity index (χ3v) is 4.96. The normalized spacial score (nSPS) is 21.4. The van der Waals surface area contributed by atoms with Gasteiger partial charge in [0.1, 0.15) is 16.9 Å². The first kappa shape index (κ1) is 14.9. The lowest BCUT2D eigenvalue weighted by Crippen LogP contribution is -2.39. The largest absolute Gasteiger partial charge is 0.368 e. The molecular formula is C15H16ClFN2OS. The molecule has 0 spiro atoms. The number of ether oxygens (including phenoxy) is 1. The van der Waals surface area contributed by atoms with Crippen molar-refractivity contribution in [3.63, 3.8) is 0 Å². The van der Waals surface area contributed by atoms with E-state index in [2.05, 4.69) is 16.8 Å². The van der Waals surface area contributed by atoms with Gasteiger partial charge in [0, 0.05) is 30.7 Å². The fourth-order valence-corrected chi connectivity index (χ4v) is 3.41. The molecule has 1 aromatic carbocycles. The van der Waals surface area contributed by atoms with E-state index >= 15 is 0 Å². The first-order valence-electron chi connectivity index (χ1n) is 6.85. The molecule has 1 fully saturated rings. The summed E-state index contributed by atoms with van der Waals surface area (Å²) in [5.41, 5.74) is 1.01. The number of halogens is 2. The summed E-state index contributed by atoms with van der Waals surface area (Å²) in [5, 5.41) is 3.13. The van der Waals surface area contributed by atoms with Gasteiger partial charge in [0.05, 0.1) is 11.6 Å². The van der Waals surface area contributed by atoms with Crippen molar-refractivity contribution in [2.24, 2.45) is 0 Å². The van der Waals surface area contributed by atoms with E-state index < -0.39 is 0 Å². The monoisotopic (exact) mass is 326 g/mol. The van der Waals surface area contributed by atoms with Crippen LogP contribution in [0.2, 0.25) is 5.02 Å². The molecule has 2 atom stereocenters. The molecule has 1 aromatic heterocycles. The van der Waals surface area contributed by atoms with E-state index in [1.807, 2.05) is 5.38 Å². The van der Waals surface area contributed by atoms with E-state index in [9.17, 15) is 4.39 Å². The first-order valence-corrected chi connectivity index (χ1v) is 8.11. The van der Waals surface area contributed by atoms with E-state index in [0.717, 1.165) is 23.7 Å². The molecule has 1 aliphatic heterocycles. The van der Waals surface area contributed by atoms with Crippen LogP contribution in [0, 0.1) is 5.82 Å². The topological polar surface area (TPSA) is 25.4 Å². The SMILES string of the molecule is C[C@H](c1ccc(F)c(Cl)c1)N1CCO[C@H](c2nccs2)C1. The lowest BCUT2D eigenvalue weighted by molar-refractivity contribution is -0.0432. The molecule has 21 heavy (non-hydrogen) atoms. The highest BCUT2D eigenvalue weighted by molar-refractivity contribution is 7.09. The van der Waals surface area contributed by atoms with Gasteiger partial charge in [-0.3, -0.25) is 4.90 Å². The molecule has 0 saturated carbocycles. The van der Waals surface area contributed by atoms with Crippen LogP contribution in [0.5, 0.6) is 0 Å². The van der Waals surface area contributed by atoms with Crippen LogP contribution in [0.15, 0.2) is 29.8 Å². The van der Waals surface area contributed by atoms with Gasteiger partial charge in [-0.15, -0.1) is 11.3 Å². The van der Waals surface area contributed by atoms with Crippen molar-refractivity contribution >= 4 is 22.9 Å². The number of benzene rings is 1. The number of aromatic nitrogens is 1. The maximum Gasteiger partial charge on any atom is 0.141 e. The highest BCUT2D eigenvalue weighted by Gasteiger charge is 2.27. The minimum Gasteiger partial charge on any atom is -0.368 e. The second-order valence-corrected chi connectivity index (χ2v) is 6.41. The Kier molecular flexibility index (Phi) is 4.54. The van der Waals surface area contributed by atoms with Gasteiger partial charge in [-0.1, -0.05) is 17.7 Å². The number of hydrogen-bond donors (Lipinski definition) is 0. The maximum atomic E-state index is 13.3. The Morgan fingerprint density at radius 1 is 1.52 bits per heavy atom. The number of rotatable bonds is 3. The van der Waals surface area contributed by atoms with Gasteiger partial charge in [-0.05, 0) is 24.6 Å². The minimum absolute atomic E-state index is 0.0112. The van der Waals surface area contributed by atoms with Crippen LogP contribution in [-0.2, 0) is 4.74 Å². The zero-order valence-electron chi connectivity index (χ0n) is 11.6. The molecule has 0 radical (unpaired) electrons. The average Bonchev–Trinajstić information content (AvgIpc) is 3.04. The molecule has 0 unspecified atom stereocenters. The van der Waals surface area contributed by atoms with Gasteiger partial charge in [0.2, 0.25) is 0 Å². The molecular weight excluding hydrogens is 311 g/mol. The first-order chi connectivity index (χ1) is 10.1. The van der Waals surface area contributed by atoms with Crippen LogP contribution >= 0.6 is 22.9 Å². The van der Waals surface area contributed by atoms with Crippen molar-refractivity contribution < 1.29 is 9.13 Å². The number of morpholine rings is 1. The van der Waals surface area contributed by atoms with E-state index in [0.29, 0.717) is 6.61 Å². The summed E-state index contributed by atoms with van der Waals surface area (Å²) >= 11 is 7.49. The van der Waals surface area contributed by atoms with E-state index in [1.54, 1.807) is 29.7 Å². The Morgan fingerprint density at radius 2 is 2.38 bits per heavy atom. The molecule has 0 N–H and O–H groups in total. The molecule has 2 aromatic rings. The zero-order valence-corrected chi connectivity index (χ0v) is 13.2. The Labute approximate surface area is 132 Å². The average molecular weight is 327 g/mol. The third kappa shape index (κ3) is 3.26. The van der Waals surface area contributed by atoms with Crippen molar-refractivity contribution in [2.75, 3.05) is 19.7 Å². The molecule has 1 saturated heterocycles. The van der Waals surface area contributed by atoms with Gasteiger partial charge in [-0.25, -0.2) is 9.37 Å². The highest BCUT2D eigenvalue weighted by Crippen LogP contribution is 2.30. The fraction of sp³-hybridized carbons (Fsp3) is 0.400. The summed E-state index contributed by atoms with van der Waals surface area (Å²) in [5.74, 6) is -0.379. The highest BCUT2D eigenvalue weighted by atomic mass is 35.5. The Hall–Kier alpha value is -1.01. The Morgan fingerprint density at radius 3 is 3.10 bits per heavy atom. The van der Waals surface area contributed by atoms with Gasteiger partial charge in [-0.2, -0.15) is 0 Å². The predicted octanol–water partition coefficient (Wildman–Crippen LogP) is 4.07. The molecule has 2 heterocycles. The van der Waals surface area contributed by atoms with Crippen molar-refractivity contribution in [3.05, 3.63) is 51.2 Å². The summed E-state index contributed by atoms with van der Waals surface area (Å²) < 4.78 is 19.1. The summed E-state index contributed by atoms with van der Waals surface area (Å²) in [6.45, 7) is 4.40. The van der Waals surface area contributed by atoms with Gasteiger partial charge < -0.3 is 4.74 Å². The molecule has 0 bridgehead atoms. The number of nitrogens with zero attached hydrogens (tertiary/aromatic N) is 2. The standard InChI is InChI=1S/C15H16ClFN2OS/c1-10(11-2-3-13(17)12(16)8-11)19-5-6-20-14(9-19)15-18-4-7-21-15/h2-4,7-8,10,14H,5-6,9H2,1H3/t10-,14+/m1/s1. The van der Waals surface area contributed by atoms with Gasteiger partial charge in [0.25, 0.3) is 0 Å². The zero-order chi connectivity index (χ0) is 14.8. The van der Waals surface area contributed by atoms with E-state index in [1.165, 1.54) is 6.07 Å². The van der Waals surface area contributed by atoms with E-state index in [-0.39, 0.29) is 23.0 Å². The van der Waals surface area contributed by atoms with Crippen LogP contribution in [0.1, 0.15) is 29.6 Å². The molecule has 1 aliphatic rings. The predicted molar refractivity (Wildman–Crippen MR) is 82.2 cm³/mol. The number of hydrogen-bond acceptors (Lipinski definition) is 4. The quantitative estimate of drug-likeness (QED) is 0.850. The maximum absolute atomic E-state index is 13.3. The van der Waals surface area contributed by atoms with Crippen LogP contribution < -0.4 is 0 Å². The van der Waals surface area contributed by atoms with Crippen molar-refractivity contribution in [1.82, 2.24) is 9.88 Å². The third-order valence-electron chi connectivity index (χ3n) is 3.80. The lowest BCUT2D eigenvalue weighted by Gasteiger charge is -2.36. The van der Waals surface area contributed by atoms with Crippen molar-refractivity contribution in [1.29, 1.82) is 0 Å². The minimum atomic E-state index is -0.379. The van der Waals surface area contributed by atoms with Crippen LogP contribution in [-0.4, -0.2) is 29.6 Å². The summed E-state index contributed by atoms with van der Waals surface area (Å²) in [6.07, 6.45) is 1.81. The lowest BCUT2D eigenvalue weighted by atomic mass is 10.1. The number of thiazole rings is 1.